The van der Waals surface area contributed by atoms with Crippen molar-refractivity contribution in [3.05, 3.63) is 29.8 Å². The molecule has 1 aromatic rings. The van der Waals surface area contributed by atoms with Gasteiger partial charge in [-0.1, -0.05) is 57.2 Å². The van der Waals surface area contributed by atoms with E-state index in [0.717, 1.165) is 18.0 Å². The number of benzene rings is 1. The summed E-state index contributed by atoms with van der Waals surface area (Å²) >= 11 is 5.95. The van der Waals surface area contributed by atoms with E-state index in [2.05, 4.69) is 20.9 Å². The molecule has 0 saturated heterocycles. The number of halogens is 1. The Labute approximate surface area is 178 Å². The number of aryl methyl sites for hydroxylation is 1. The minimum atomic E-state index is -4.27. The number of hydrogen-bond donors (Lipinski definition) is 0. The molecule has 0 spiro atoms. The lowest BCUT2D eigenvalue weighted by Gasteiger charge is -2.34. The predicted molar refractivity (Wildman–Crippen MR) is 119 cm³/mol. The summed E-state index contributed by atoms with van der Waals surface area (Å²) in [6.45, 7) is 10.1. The van der Waals surface area contributed by atoms with Gasteiger partial charge in [0.15, 0.2) is 0 Å². The highest BCUT2D eigenvalue weighted by atomic mass is 35.5. The number of hydrogen-bond acceptors (Lipinski definition) is 3. The molecule has 6 heteroatoms. The summed E-state index contributed by atoms with van der Waals surface area (Å²) in [6, 6.07) is 5.78. The van der Waals surface area contributed by atoms with E-state index in [1.807, 2.05) is 6.92 Å². The van der Waals surface area contributed by atoms with Gasteiger partial charge in [-0.15, -0.1) is 11.6 Å². The number of rotatable bonds is 13. The Hall–Kier alpha value is -0.620. The molecule has 0 atom stereocenters. The van der Waals surface area contributed by atoms with Gasteiger partial charge in [0.1, 0.15) is 10.1 Å². The fourth-order valence-corrected chi connectivity index (χ4v) is 3.96. The van der Waals surface area contributed by atoms with Crippen molar-refractivity contribution in [1.29, 1.82) is 0 Å². The van der Waals surface area contributed by atoms with E-state index in [0.29, 0.717) is 0 Å². The van der Waals surface area contributed by atoms with Crippen LogP contribution in [0.5, 0.6) is 0 Å². The third-order valence-corrected chi connectivity index (χ3v) is 6.06. The summed E-state index contributed by atoms with van der Waals surface area (Å²) in [5.74, 6) is 0.804. The van der Waals surface area contributed by atoms with E-state index in [1.165, 1.54) is 81.1 Å². The molecular formula is C22H40ClNO3S. The molecule has 0 bridgehead atoms. The second-order valence-electron chi connectivity index (χ2n) is 7.87. The van der Waals surface area contributed by atoms with E-state index < -0.39 is 10.1 Å². The highest BCUT2D eigenvalue weighted by molar-refractivity contribution is 7.85. The van der Waals surface area contributed by atoms with Gasteiger partial charge in [-0.2, -0.15) is 0 Å². The van der Waals surface area contributed by atoms with Crippen LogP contribution >= 0.6 is 11.6 Å². The van der Waals surface area contributed by atoms with Crippen LogP contribution in [0.4, 0.5) is 0 Å². The van der Waals surface area contributed by atoms with E-state index in [1.54, 1.807) is 12.1 Å². The molecular weight excluding hydrogens is 394 g/mol. The van der Waals surface area contributed by atoms with Gasteiger partial charge in [-0.3, -0.25) is 0 Å². The maximum atomic E-state index is 10.4. The molecule has 0 N–H and O–H groups in total. The summed E-state index contributed by atoms with van der Waals surface area (Å²) < 4.78 is 32.4. The van der Waals surface area contributed by atoms with Gasteiger partial charge in [0.2, 0.25) is 0 Å². The minimum absolute atomic E-state index is 0.178. The van der Waals surface area contributed by atoms with E-state index in [-0.39, 0.29) is 4.90 Å². The number of nitrogens with zero attached hydrogens (tertiary/aromatic N) is 1. The van der Waals surface area contributed by atoms with Crippen molar-refractivity contribution in [2.45, 2.75) is 77.0 Å². The highest BCUT2D eigenvalue weighted by Gasteiger charge is 2.19. The quantitative estimate of drug-likeness (QED) is 0.173. The van der Waals surface area contributed by atoms with Crippen LogP contribution < -0.4 is 0 Å². The average molecular weight is 434 g/mol. The van der Waals surface area contributed by atoms with Crippen LogP contribution in [0.1, 0.15) is 70.8 Å². The fourth-order valence-electron chi connectivity index (χ4n) is 3.08. The Kier molecular flexibility index (Phi) is 14.9. The van der Waals surface area contributed by atoms with Crippen LogP contribution in [0.3, 0.4) is 0 Å². The van der Waals surface area contributed by atoms with Crippen LogP contribution in [-0.4, -0.2) is 50.0 Å². The number of alkyl halides is 1. The normalized spacial score (nSPS) is 11.8. The molecule has 0 aliphatic carbocycles. The molecule has 1 aromatic carbocycles. The van der Waals surface area contributed by atoms with Crippen molar-refractivity contribution in [3.63, 3.8) is 0 Å². The summed E-state index contributed by atoms with van der Waals surface area (Å²) in [5, 5.41) is 0. The van der Waals surface area contributed by atoms with Gasteiger partial charge in [-0.05, 0) is 44.7 Å². The Morgan fingerprint density at radius 3 is 1.68 bits per heavy atom. The molecule has 0 aliphatic rings. The molecule has 0 aliphatic heterocycles. The number of quaternary nitrogens is 1. The largest absolute Gasteiger partial charge is 0.744 e. The molecule has 28 heavy (non-hydrogen) atoms. The van der Waals surface area contributed by atoms with Gasteiger partial charge in [0.25, 0.3) is 0 Å². The molecule has 0 unspecified atom stereocenters. The third kappa shape index (κ3) is 13.5. The maximum absolute atomic E-state index is 10.4. The highest BCUT2D eigenvalue weighted by Crippen LogP contribution is 2.12. The van der Waals surface area contributed by atoms with Gasteiger partial charge < -0.3 is 9.04 Å². The van der Waals surface area contributed by atoms with Gasteiger partial charge in [0.05, 0.1) is 37.5 Å². The van der Waals surface area contributed by atoms with Crippen molar-refractivity contribution in [1.82, 2.24) is 0 Å². The van der Waals surface area contributed by atoms with E-state index in [4.69, 9.17) is 11.6 Å². The second kappa shape index (κ2) is 15.3. The van der Waals surface area contributed by atoms with Crippen molar-refractivity contribution in [2.24, 2.45) is 0 Å². The van der Waals surface area contributed by atoms with E-state index >= 15 is 0 Å². The molecule has 164 valence electrons. The smallest absolute Gasteiger partial charge is 0.124 e. The topological polar surface area (TPSA) is 57.2 Å². The molecule has 0 saturated carbocycles. The van der Waals surface area contributed by atoms with Gasteiger partial charge in [0, 0.05) is 0 Å². The Morgan fingerprint density at radius 1 is 0.857 bits per heavy atom. The molecule has 0 amide bonds. The summed E-state index contributed by atoms with van der Waals surface area (Å²) in [4.78, 5) is -0.178. The van der Waals surface area contributed by atoms with E-state index in [9.17, 15) is 13.0 Å². The molecule has 0 fully saturated rings. The standard InChI is InChI=1S/C15H33ClN.C7H8O3S/c1-4-6-8-10-13-17(3,15-12-16)14-11-9-7-5-2;1-6-2-4-7(5-3-6)11(8,9)10/h4-15H2,1-3H3;2-5H,1H3,(H,8,9,10)/q+1;/p-1. The minimum Gasteiger partial charge on any atom is -0.744 e. The fraction of sp³-hybridized carbons (Fsp3) is 0.727. The lowest BCUT2D eigenvalue weighted by atomic mass is 10.1. The summed E-state index contributed by atoms with van der Waals surface area (Å²) in [5.41, 5.74) is 0.928. The van der Waals surface area contributed by atoms with Crippen molar-refractivity contribution in [2.75, 3.05) is 32.6 Å². The van der Waals surface area contributed by atoms with Crippen molar-refractivity contribution < 1.29 is 17.5 Å². The molecule has 0 radical (unpaired) electrons. The maximum Gasteiger partial charge on any atom is 0.124 e. The van der Waals surface area contributed by atoms with Crippen LogP contribution in [0.2, 0.25) is 0 Å². The van der Waals surface area contributed by atoms with Crippen molar-refractivity contribution in [3.8, 4) is 0 Å². The molecule has 0 aromatic heterocycles. The lowest BCUT2D eigenvalue weighted by Crippen LogP contribution is -2.47. The van der Waals surface area contributed by atoms with Crippen LogP contribution in [0.15, 0.2) is 29.2 Å². The zero-order chi connectivity index (χ0) is 21.5. The van der Waals surface area contributed by atoms with Crippen LogP contribution in [0.25, 0.3) is 0 Å². The zero-order valence-corrected chi connectivity index (χ0v) is 19.8. The summed E-state index contributed by atoms with van der Waals surface area (Å²) in [7, 11) is -1.88. The average Bonchev–Trinajstić information content (AvgIpc) is 2.63. The Morgan fingerprint density at radius 2 is 1.32 bits per heavy atom. The zero-order valence-electron chi connectivity index (χ0n) is 18.3. The van der Waals surface area contributed by atoms with Crippen molar-refractivity contribution >= 4 is 21.7 Å². The first-order valence-electron chi connectivity index (χ1n) is 10.6. The molecule has 4 nitrogen and oxygen atoms in total. The first-order valence-corrected chi connectivity index (χ1v) is 12.5. The first kappa shape index (κ1) is 27.4. The summed E-state index contributed by atoms with van der Waals surface area (Å²) in [6.07, 6.45) is 11.0. The second-order valence-corrected chi connectivity index (χ2v) is 9.63. The van der Waals surface area contributed by atoms with Gasteiger partial charge in [-0.25, -0.2) is 8.42 Å². The van der Waals surface area contributed by atoms with Crippen LogP contribution in [-0.2, 0) is 10.1 Å². The van der Waals surface area contributed by atoms with Gasteiger partial charge >= 0.3 is 0 Å². The first-order chi connectivity index (χ1) is 13.2. The lowest BCUT2D eigenvalue weighted by molar-refractivity contribution is -0.907. The SMILES string of the molecule is CCCCCC[N+](C)(CCCl)CCCCCC.Cc1ccc(S(=O)(=O)[O-])cc1. The third-order valence-electron chi connectivity index (χ3n) is 5.04. The van der Waals surface area contributed by atoms with Crippen LogP contribution in [0, 0.1) is 6.92 Å². The monoisotopic (exact) mass is 433 g/mol. The molecule has 0 heterocycles. The molecule has 1 rings (SSSR count). The number of unbranched alkanes of at least 4 members (excludes halogenated alkanes) is 6. The Balaban J connectivity index is 0.000000567. The Bertz CT molecular complexity index is 591. The predicted octanol–water partition coefficient (Wildman–Crippen LogP) is 5.73.